The predicted molar refractivity (Wildman–Crippen MR) is 104 cm³/mol. The van der Waals surface area contributed by atoms with E-state index in [0.717, 1.165) is 12.0 Å². The number of halogens is 1. The zero-order chi connectivity index (χ0) is 17.0. The summed E-state index contributed by atoms with van der Waals surface area (Å²) in [5.41, 5.74) is 7.99. The van der Waals surface area contributed by atoms with Crippen LogP contribution >= 0.6 is 12.4 Å². The van der Waals surface area contributed by atoms with Crippen molar-refractivity contribution in [1.29, 1.82) is 0 Å². The molecule has 2 aromatic carbocycles. The van der Waals surface area contributed by atoms with Crippen molar-refractivity contribution in [2.75, 3.05) is 26.2 Å². The van der Waals surface area contributed by atoms with Crippen LogP contribution in [0.15, 0.2) is 60.7 Å². The largest absolute Gasteiger partial charge is 0.376 e. The molecule has 2 rings (SSSR count). The van der Waals surface area contributed by atoms with Gasteiger partial charge in [-0.3, -0.25) is 4.79 Å². The van der Waals surface area contributed by atoms with Gasteiger partial charge in [0.2, 0.25) is 5.91 Å². The fraction of sp³-hybridized carbons (Fsp3) is 0.350. The minimum Gasteiger partial charge on any atom is -0.376 e. The van der Waals surface area contributed by atoms with Gasteiger partial charge in [-0.25, -0.2) is 0 Å². The van der Waals surface area contributed by atoms with Crippen LogP contribution in [-0.4, -0.2) is 37.0 Å². The van der Waals surface area contributed by atoms with E-state index in [1.807, 2.05) is 53.4 Å². The Kier molecular flexibility index (Phi) is 10.6. The quantitative estimate of drug-likeness (QED) is 0.661. The van der Waals surface area contributed by atoms with Crippen LogP contribution in [0.5, 0.6) is 0 Å². The van der Waals surface area contributed by atoms with E-state index >= 15 is 0 Å². The molecular formula is C20H27ClN2O2. The lowest BCUT2D eigenvalue weighted by Crippen LogP contribution is -2.37. The Morgan fingerprint density at radius 3 is 2.12 bits per heavy atom. The SMILES string of the molecule is Cl.NCCN(CCc1ccccc1)C(=O)CCOCc1ccccc1. The zero-order valence-corrected chi connectivity index (χ0v) is 15.3. The topological polar surface area (TPSA) is 55.6 Å². The summed E-state index contributed by atoms with van der Waals surface area (Å²) in [5, 5.41) is 0. The Morgan fingerprint density at radius 1 is 0.920 bits per heavy atom. The molecule has 0 aliphatic carbocycles. The first-order chi connectivity index (χ1) is 11.8. The fourth-order valence-corrected chi connectivity index (χ4v) is 2.51. The number of ether oxygens (including phenoxy) is 1. The summed E-state index contributed by atoms with van der Waals surface area (Å²) in [6, 6.07) is 20.2. The van der Waals surface area contributed by atoms with Crippen LogP contribution in [0.1, 0.15) is 17.5 Å². The first-order valence-electron chi connectivity index (χ1n) is 8.43. The Morgan fingerprint density at radius 2 is 1.52 bits per heavy atom. The van der Waals surface area contributed by atoms with E-state index in [9.17, 15) is 4.79 Å². The van der Waals surface area contributed by atoms with E-state index in [-0.39, 0.29) is 18.3 Å². The maximum absolute atomic E-state index is 12.4. The van der Waals surface area contributed by atoms with Crippen molar-refractivity contribution in [1.82, 2.24) is 4.90 Å². The molecule has 2 N–H and O–H groups in total. The molecule has 4 nitrogen and oxygen atoms in total. The highest BCUT2D eigenvalue weighted by molar-refractivity contribution is 5.85. The highest BCUT2D eigenvalue weighted by Gasteiger charge is 2.12. The second kappa shape index (κ2) is 12.5. The Bertz CT molecular complexity index is 593. The summed E-state index contributed by atoms with van der Waals surface area (Å²) >= 11 is 0. The molecule has 0 saturated heterocycles. The Labute approximate surface area is 156 Å². The van der Waals surface area contributed by atoms with Crippen LogP contribution in [0, 0.1) is 0 Å². The van der Waals surface area contributed by atoms with Gasteiger partial charge in [0.25, 0.3) is 0 Å². The van der Waals surface area contributed by atoms with Gasteiger partial charge in [-0.05, 0) is 17.5 Å². The molecule has 136 valence electrons. The van der Waals surface area contributed by atoms with Gasteiger partial charge in [-0.15, -0.1) is 12.4 Å². The lowest BCUT2D eigenvalue weighted by atomic mass is 10.1. The molecule has 0 bridgehead atoms. The van der Waals surface area contributed by atoms with Crippen molar-refractivity contribution in [3.63, 3.8) is 0 Å². The van der Waals surface area contributed by atoms with Crippen LogP contribution in [0.3, 0.4) is 0 Å². The highest BCUT2D eigenvalue weighted by Crippen LogP contribution is 2.04. The number of nitrogens with zero attached hydrogens (tertiary/aromatic N) is 1. The van der Waals surface area contributed by atoms with Crippen LogP contribution in [0.25, 0.3) is 0 Å². The van der Waals surface area contributed by atoms with Gasteiger partial charge in [0, 0.05) is 19.6 Å². The monoisotopic (exact) mass is 362 g/mol. The molecule has 0 radical (unpaired) electrons. The van der Waals surface area contributed by atoms with Crippen molar-refractivity contribution < 1.29 is 9.53 Å². The van der Waals surface area contributed by atoms with Crippen LogP contribution in [0.2, 0.25) is 0 Å². The van der Waals surface area contributed by atoms with Crippen LogP contribution < -0.4 is 5.73 Å². The molecule has 0 aliphatic heterocycles. The van der Waals surface area contributed by atoms with E-state index in [0.29, 0.717) is 39.3 Å². The average molecular weight is 363 g/mol. The van der Waals surface area contributed by atoms with E-state index in [4.69, 9.17) is 10.5 Å². The van der Waals surface area contributed by atoms with Gasteiger partial charge < -0.3 is 15.4 Å². The third kappa shape index (κ3) is 8.16. The molecular weight excluding hydrogens is 336 g/mol. The average Bonchev–Trinajstić information content (AvgIpc) is 2.64. The Hall–Kier alpha value is -1.88. The molecule has 1 amide bonds. The molecule has 0 spiro atoms. The maximum Gasteiger partial charge on any atom is 0.224 e. The van der Waals surface area contributed by atoms with Gasteiger partial charge in [-0.2, -0.15) is 0 Å². The number of nitrogens with two attached hydrogens (primary N) is 1. The highest BCUT2D eigenvalue weighted by atomic mass is 35.5. The minimum absolute atomic E-state index is 0. The van der Waals surface area contributed by atoms with Crippen molar-refractivity contribution in [2.24, 2.45) is 5.73 Å². The molecule has 0 atom stereocenters. The van der Waals surface area contributed by atoms with Crippen LogP contribution in [-0.2, 0) is 22.6 Å². The van der Waals surface area contributed by atoms with Crippen molar-refractivity contribution in [3.05, 3.63) is 71.8 Å². The molecule has 0 fully saturated rings. The predicted octanol–water partition coefficient (Wildman–Crippen LogP) is 3.05. The lowest BCUT2D eigenvalue weighted by molar-refractivity contribution is -0.132. The molecule has 0 heterocycles. The summed E-state index contributed by atoms with van der Waals surface area (Å²) in [4.78, 5) is 14.2. The van der Waals surface area contributed by atoms with E-state index in [1.165, 1.54) is 5.56 Å². The zero-order valence-electron chi connectivity index (χ0n) is 14.5. The molecule has 0 aromatic heterocycles. The van der Waals surface area contributed by atoms with E-state index in [2.05, 4.69) is 12.1 Å². The van der Waals surface area contributed by atoms with E-state index < -0.39 is 0 Å². The lowest BCUT2D eigenvalue weighted by Gasteiger charge is -2.22. The number of benzene rings is 2. The number of hydrogen-bond donors (Lipinski definition) is 1. The van der Waals surface area contributed by atoms with Gasteiger partial charge in [0.15, 0.2) is 0 Å². The fourth-order valence-electron chi connectivity index (χ4n) is 2.51. The smallest absolute Gasteiger partial charge is 0.224 e. The molecule has 5 heteroatoms. The van der Waals surface area contributed by atoms with Crippen LogP contribution in [0.4, 0.5) is 0 Å². The first-order valence-corrected chi connectivity index (χ1v) is 8.43. The van der Waals surface area contributed by atoms with Gasteiger partial charge in [-0.1, -0.05) is 60.7 Å². The summed E-state index contributed by atoms with van der Waals surface area (Å²) in [7, 11) is 0. The number of carbonyl (C=O) groups is 1. The second-order valence-electron chi connectivity index (χ2n) is 5.69. The molecule has 25 heavy (non-hydrogen) atoms. The third-order valence-corrected chi connectivity index (χ3v) is 3.84. The minimum atomic E-state index is 0. The number of carbonyl (C=O) groups excluding carboxylic acids is 1. The van der Waals surface area contributed by atoms with E-state index in [1.54, 1.807) is 0 Å². The maximum atomic E-state index is 12.4. The molecule has 0 aliphatic rings. The summed E-state index contributed by atoms with van der Waals surface area (Å²) in [6.07, 6.45) is 1.24. The first kappa shape index (κ1) is 21.2. The summed E-state index contributed by atoms with van der Waals surface area (Å²) in [5.74, 6) is 0.101. The number of amides is 1. The van der Waals surface area contributed by atoms with Crippen molar-refractivity contribution >= 4 is 18.3 Å². The standard InChI is InChI=1S/C20H26N2O2.ClH/c21-13-15-22(14-11-18-7-3-1-4-8-18)20(23)12-16-24-17-19-9-5-2-6-10-19;/h1-10H,11-17,21H2;1H. The number of hydrogen-bond acceptors (Lipinski definition) is 3. The van der Waals surface area contributed by atoms with Crippen molar-refractivity contribution in [2.45, 2.75) is 19.4 Å². The molecule has 0 saturated carbocycles. The number of rotatable bonds is 10. The normalized spacial score (nSPS) is 10.1. The third-order valence-electron chi connectivity index (χ3n) is 3.84. The van der Waals surface area contributed by atoms with Gasteiger partial charge in [0.05, 0.1) is 19.6 Å². The van der Waals surface area contributed by atoms with Crippen molar-refractivity contribution in [3.8, 4) is 0 Å². The summed E-state index contributed by atoms with van der Waals surface area (Å²) < 4.78 is 5.60. The second-order valence-corrected chi connectivity index (χ2v) is 5.69. The summed E-state index contributed by atoms with van der Waals surface area (Å²) in [6.45, 7) is 2.73. The van der Waals surface area contributed by atoms with Gasteiger partial charge >= 0.3 is 0 Å². The molecule has 0 unspecified atom stereocenters. The molecule has 2 aromatic rings. The van der Waals surface area contributed by atoms with Gasteiger partial charge in [0.1, 0.15) is 0 Å². The Balaban J connectivity index is 0.00000312.